The molecule has 3 rings (SSSR count). The molecule has 0 unspecified atom stereocenters. The zero-order valence-electron chi connectivity index (χ0n) is 16.8. The van der Waals surface area contributed by atoms with Crippen LogP contribution in [0.2, 0.25) is 0 Å². The Bertz CT molecular complexity index is 1050. The van der Waals surface area contributed by atoms with E-state index in [1.807, 2.05) is 36.4 Å². The second-order valence-corrected chi connectivity index (χ2v) is 7.37. The molecule has 0 radical (unpaired) electrons. The first-order chi connectivity index (χ1) is 13.9. The number of hydrogen-bond acceptors (Lipinski definition) is 7. The Labute approximate surface area is 173 Å². The lowest BCUT2D eigenvalue weighted by Gasteiger charge is -2.17. The van der Waals surface area contributed by atoms with Gasteiger partial charge in [-0.05, 0) is 53.0 Å². The molecule has 152 valence electrons. The summed E-state index contributed by atoms with van der Waals surface area (Å²) in [4.78, 5) is 26.3. The van der Waals surface area contributed by atoms with Crippen LogP contribution in [-0.2, 0) is 16.1 Å². The number of nitrogens with one attached hydrogen (secondary N) is 1. The van der Waals surface area contributed by atoms with Gasteiger partial charge < -0.3 is 19.7 Å². The fourth-order valence-corrected chi connectivity index (χ4v) is 3.68. The van der Waals surface area contributed by atoms with Crippen molar-refractivity contribution in [3.05, 3.63) is 53.2 Å². The molecule has 2 aromatic carbocycles. The Morgan fingerprint density at radius 3 is 2.62 bits per heavy atom. The molecule has 0 saturated heterocycles. The Morgan fingerprint density at radius 2 is 1.90 bits per heavy atom. The first-order valence-corrected chi connectivity index (χ1v) is 9.82. The van der Waals surface area contributed by atoms with Gasteiger partial charge in [-0.3, -0.25) is 4.79 Å². The number of likely N-dealkylation sites (N-methyl/N-ethyl adjacent to an activating group) is 1. The number of carbonyl (C=O) groups is 2. The number of aryl methyl sites for hydroxylation is 1. The van der Waals surface area contributed by atoms with E-state index in [1.54, 1.807) is 28.1 Å². The molecule has 1 aromatic heterocycles. The van der Waals surface area contributed by atoms with Gasteiger partial charge in [0.25, 0.3) is 5.91 Å². The standard InChI is InChI=1S/C21H23N3O4S/c1-13-19(20(22-2)29-23-13)21(26)28-12-18(25)24(3)11-14-5-6-16-10-17(27-4)8-7-15(16)9-14/h5-10,22H,11-12H2,1-4H3. The lowest BCUT2D eigenvalue weighted by molar-refractivity contribution is -0.133. The van der Waals surface area contributed by atoms with Gasteiger partial charge in [-0.15, -0.1) is 0 Å². The van der Waals surface area contributed by atoms with Gasteiger partial charge in [0, 0.05) is 20.6 Å². The number of hydrogen-bond donors (Lipinski definition) is 1. The maximum absolute atomic E-state index is 12.4. The molecule has 0 bridgehead atoms. The van der Waals surface area contributed by atoms with Crippen molar-refractivity contribution in [1.29, 1.82) is 0 Å². The van der Waals surface area contributed by atoms with Crippen LogP contribution in [0.25, 0.3) is 10.8 Å². The number of anilines is 1. The highest BCUT2D eigenvalue weighted by molar-refractivity contribution is 7.10. The highest BCUT2D eigenvalue weighted by Crippen LogP contribution is 2.25. The van der Waals surface area contributed by atoms with Crippen LogP contribution in [0.5, 0.6) is 5.75 Å². The van der Waals surface area contributed by atoms with Crippen molar-refractivity contribution in [3.63, 3.8) is 0 Å². The van der Waals surface area contributed by atoms with E-state index in [2.05, 4.69) is 9.69 Å². The van der Waals surface area contributed by atoms with E-state index in [1.165, 1.54) is 16.4 Å². The number of ether oxygens (including phenoxy) is 2. The third-order valence-electron chi connectivity index (χ3n) is 4.58. The minimum Gasteiger partial charge on any atom is -0.497 e. The predicted octanol–water partition coefficient (Wildman–Crippen LogP) is 3.47. The van der Waals surface area contributed by atoms with Gasteiger partial charge >= 0.3 is 5.97 Å². The molecule has 7 nitrogen and oxygen atoms in total. The zero-order valence-corrected chi connectivity index (χ0v) is 17.6. The first-order valence-electron chi connectivity index (χ1n) is 9.04. The van der Waals surface area contributed by atoms with Gasteiger partial charge in [0.05, 0.1) is 12.8 Å². The Morgan fingerprint density at radius 1 is 1.17 bits per heavy atom. The zero-order chi connectivity index (χ0) is 21.0. The molecule has 8 heteroatoms. The van der Waals surface area contributed by atoms with Crippen molar-refractivity contribution in [3.8, 4) is 5.75 Å². The van der Waals surface area contributed by atoms with Gasteiger partial charge in [-0.25, -0.2) is 4.79 Å². The lowest BCUT2D eigenvalue weighted by Crippen LogP contribution is -2.31. The fraction of sp³-hybridized carbons (Fsp3) is 0.286. The van der Waals surface area contributed by atoms with E-state index in [4.69, 9.17) is 9.47 Å². The van der Waals surface area contributed by atoms with E-state index in [-0.39, 0.29) is 12.5 Å². The van der Waals surface area contributed by atoms with Gasteiger partial charge in [0.15, 0.2) is 6.61 Å². The number of fused-ring (bicyclic) bond motifs is 1. The SMILES string of the molecule is CNc1snc(C)c1C(=O)OCC(=O)N(C)Cc1ccc2cc(OC)ccc2c1. The Kier molecular flexibility index (Phi) is 6.33. The quantitative estimate of drug-likeness (QED) is 0.598. The topological polar surface area (TPSA) is 80.8 Å². The lowest BCUT2D eigenvalue weighted by atomic mass is 10.1. The second-order valence-electron chi connectivity index (χ2n) is 6.60. The summed E-state index contributed by atoms with van der Waals surface area (Å²) >= 11 is 1.18. The largest absolute Gasteiger partial charge is 0.497 e. The van der Waals surface area contributed by atoms with E-state index in [0.717, 1.165) is 22.1 Å². The van der Waals surface area contributed by atoms with Gasteiger partial charge in [-0.2, -0.15) is 4.37 Å². The molecule has 0 aliphatic carbocycles. The summed E-state index contributed by atoms with van der Waals surface area (Å²) in [7, 11) is 5.03. The number of rotatable bonds is 7. The molecule has 1 N–H and O–H groups in total. The monoisotopic (exact) mass is 413 g/mol. The summed E-state index contributed by atoms with van der Waals surface area (Å²) in [5.41, 5.74) is 1.94. The second kappa shape index (κ2) is 8.91. The van der Waals surface area contributed by atoms with Gasteiger partial charge in [0.2, 0.25) is 0 Å². The third-order valence-corrected chi connectivity index (χ3v) is 5.53. The normalized spacial score (nSPS) is 10.6. The Balaban J connectivity index is 1.61. The molecule has 3 aromatic rings. The smallest absolute Gasteiger partial charge is 0.343 e. The number of amides is 1. The number of carbonyl (C=O) groups excluding carboxylic acids is 2. The van der Waals surface area contributed by atoms with Crippen LogP contribution in [-0.4, -0.2) is 49.0 Å². The maximum atomic E-state index is 12.4. The number of esters is 1. The molecule has 29 heavy (non-hydrogen) atoms. The molecule has 0 aliphatic heterocycles. The summed E-state index contributed by atoms with van der Waals surface area (Å²) in [6, 6.07) is 11.9. The Hall–Kier alpha value is -3.13. The molecule has 1 amide bonds. The summed E-state index contributed by atoms with van der Waals surface area (Å²) in [6.07, 6.45) is 0. The van der Waals surface area contributed by atoms with E-state index in [0.29, 0.717) is 22.8 Å². The number of methoxy groups -OCH3 is 1. The molecule has 0 fully saturated rings. The number of aromatic nitrogens is 1. The van der Waals surface area contributed by atoms with Crippen molar-refractivity contribution >= 4 is 39.2 Å². The molecular weight excluding hydrogens is 390 g/mol. The van der Waals surface area contributed by atoms with Crippen LogP contribution in [0.15, 0.2) is 36.4 Å². The summed E-state index contributed by atoms with van der Waals surface area (Å²) < 4.78 is 14.6. The minimum absolute atomic E-state index is 0.278. The fourth-order valence-electron chi connectivity index (χ4n) is 2.95. The highest BCUT2D eigenvalue weighted by Gasteiger charge is 2.21. The van der Waals surface area contributed by atoms with Crippen LogP contribution < -0.4 is 10.1 Å². The summed E-state index contributed by atoms with van der Waals surface area (Å²) in [6.45, 7) is 1.83. The van der Waals surface area contributed by atoms with E-state index < -0.39 is 5.97 Å². The van der Waals surface area contributed by atoms with Crippen molar-refractivity contribution in [2.24, 2.45) is 0 Å². The minimum atomic E-state index is -0.554. The average Bonchev–Trinajstić information content (AvgIpc) is 3.11. The van der Waals surface area contributed by atoms with Crippen molar-refractivity contribution < 1.29 is 19.1 Å². The van der Waals surface area contributed by atoms with Gasteiger partial charge in [-0.1, -0.05) is 18.2 Å². The van der Waals surface area contributed by atoms with Crippen LogP contribution in [0.1, 0.15) is 21.6 Å². The summed E-state index contributed by atoms with van der Waals surface area (Å²) in [5.74, 6) is -0.0288. The van der Waals surface area contributed by atoms with Crippen LogP contribution >= 0.6 is 11.5 Å². The highest BCUT2D eigenvalue weighted by atomic mass is 32.1. The van der Waals surface area contributed by atoms with E-state index in [9.17, 15) is 9.59 Å². The molecule has 0 atom stereocenters. The van der Waals surface area contributed by atoms with Crippen molar-refractivity contribution in [1.82, 2.24) is 9.27 Å². The predicted molar refractivity (Wildman–Crippen MR) is 114 cm³/mol. The molecule has 1 heterocycles. The molecule has 0 spiro atoms. The molecular formula is C21H23N3O4S. The first kappa shape index (κ1) is 20.6. The van der Waals surface area contributed by atoms with Crippen molar-refractivity contribution in [2.45, 2.75) is 13.5 Å². The molecule has 0 saturated carbocycles. The average molecular weight is 413 g/mol. The number of nitrogens with zero attached hydrogens (tertiary/aromatic N) is 2. The third kappa shape index (κ3) is 4.65. The van der Waals surface area contributed by atoms with Crippen LogP contribution in [0.4, 0.5) is 5.00 Å². The van der Waals surface area contributed by atoms with Crippen LogP contribution in [0.3, 0.4) is 0 Å². The maximum Gasteiger partial charge on any atom is 0.343 e. The molecule has 0 aliphatic rings. The summed E-state index contributed by atoms with van der Waals surface area (Å²) in [5, 5.41) is 5.67. The van der Waals surface area contributed by atoms with Crippen LogP contribution in [0, 0.1) is 6.92 Å². The van der Waals surface area contributed by atoms with E-state index >= 15 is 0 Å². The number of benzene rings is 2. The van der Waals surface area contributed by atoms with Gasteiger partial charge in [0.1, 0.15) is 16.3 Å². The van der Waals surface area contributed by atoms with Crippen molar-refractivity contribution in [2.75, 3.05) is 33.1 Å².